The summed E-state index contributed by atoms with van der Waals surface area (Å²) < 4.78 is 18.6. The van der Waals surface area contributed by atoms with E-state index in [0.29, 0.717) is 5.92 Å². The molecule has 1 saturated heterocycles. The highest BCUT2D eigenvalue weighted by Gasteiger charge is 2.18. The summed E-state index contributed by atoms with van der Waals surface area (Å²) in [6.07, 6.45) is 2.97. The second-order valence-electron chi connectivity index (χ2n) is 4.57. The molecule has 17 heavy (non-hydrogen) atoms. The van der Waals surface area contributed by atoms with Crippen LogP contribution in [0.4, 0.5) is 4.39 Å². The summed E-state index contributed by atoms with van der Waals surface area (Å²) in [7, 11) is 0. The molecule has 4 heteroatoms. The fourth-order valence-corrected chi connectivity index (χ4v) is 2.34. The van der Waals surface area contributed by atoms with E-state index in [4.69, 9.17) is 22.1 Å². The van der Waals surface area contributed by atoms with Crippen LogP contribution >= 0.6 is 11.6 Å². The minimum absolute atomic E-state index is 0.120. The van der Waals surface area contributed by atoms with Crippen molar-refractivity contribution in [3.8, 4) is 0 Å². The Labute approximate surface area is 106 Å². The standard InChI is InChI=1S/C13H17ClFNO/c14-11-2-1-10(8-12(11)15)13(16)7-9-3-5-17-6-4-9/h1-2,8-9,13H,3-7,16H2. The molecule has 0 saturated carbocycles. The van der Waals surface area contributed by atoms with Crippen molar-refractivity contribution in [2.75, 3.05) is 13.2 Å². The van der Waals surface area contributed by atoms with Gasteiger partial charge in [-0.15, -0.1) is 0 Å². The van der Waals surface area contributed by atoms with Gasteiger partial charge in [-0.05, 0) is 42.9 Å². The van der Waals surface area contributed by atoms with Crippen LogP contribution in [0.2, 0.25) is 5.02 Å². The Morgan fingerprint density at radius 1 is 1.41 bits per heavy atom. The number of benzene rings is 1. The molecule has 1 aliphatic rings. The van der Waals surface area contributed by atoms with E-state index >= 15 is 0 Å². The average Bonchev–Trinajstić information content (AvgIpc) is 2.34. The number of rotatable bonds is 3. The first-order chi connectivity index (χ1) is 8.16. The SMILES string of the molecule is NC(CC1CCOCC1)c1ccc(Cl)c(F)c1. The Bertz CT molecular complexity index is 380. The van der Waals surface area contributed by atoms with Crippen molar-refractivity contribution in [3.05, 3.63) is 34.6 Å². The lowest BCUT2D eigenvalue weighted by atomic mass is 9.90. The third-order valence-electron chi connectivity index (χ3n) is 3.30. The van der Waals surface area contributed by atoms with Crippen LogP contribution in [0.1, 0.15) is 30.9 Å². The zero-order valence-electron chi connectivity index (χ0n) is 9.66. The third-order valence-corrected chi connectivity index (χ3v) is 3.61. The van der Waals surface area contributed by atoms with Crippen LogP contribution in [-0.2, 0) is 4.74 Å². The maximum atomic E-state index is 13.3. The highest BCUT2D eigenvalue weighted by molar-refractivity contribution is 6.30. The van der Waals surface area contributed by atoms with Gasteiger partial charge in [0.2, 0.25) is 0 Å². The van der Waals surface area contributed by atoms with E-state index in [1.807, 2.05) is 0 Å². The van der Waals surface area contributed by atoms with Gasteiger partial charge in [-0.3, -0.25) is 0 Å². The highest BCUT2D eigenvalue weighted by Crippen LogP contribution is 2.27. The third kappa shape index (κ3) is 3.41. The molecular weight excluding hydrogens is 241 g/mol. The van der Waals surface area contributed by atoms with Gasteiger partial charge in [0.05, 0.1) is 5.02 Å². The van der Waals surface area contributed by atoms with Crippen molar-refractivity contribution in [2.24, 2.45) is 11.7 Å². The smallest absolute Gasteiger partial charge is 0.142 e. The molecule has 1 unspecified atom stereocenters. The molecule has 0 spiro atoms. The van der Waals surface area contributed by atoms with Crippen LogP contribution in [0.3, 0.4) is 0 Å². The van der Waals surface area contributed by atoms with Crippen LogP contribution < -0.4 is 5.73 Å². The molecule has 2 N–H and O–H groups in total. The van der Waals surface area contributed by atoms with Crippen LogP contribution in [0.25, 0.3) is 0 Å². The van der Waals surface area contributed by atoms with Crippen molar-refractivity contribution >= 4 is 11.6 Å². The molecule has 0 aromatic heterocycles. The van der Waals surface area contributed by atoms with E-state index in [1.54, 1.807) is 12.1 Å². The topological polar surface area (TPSA) is 35.2 Å². The summed E-state index contributed by atoms with van der Waals surface area (Å²) in [5.74, 6) is 0.184. The first kappa shape index (κ1) is 12.8. The van der Waals surface area contributed by atoms with Crippen molar-refractivity contribution in [3.63, 3.8) is 0 Å². The van der Waals surface area contributed by atoms with Gasteiger partial charge in [-0.1, -0.05) is 17.7 Å². The Kier molecular flexibility index (Phi) is 4.37. The first-order valence-corrected chi connectivity index (χ1v) is 6.33. The molecule has 1 aromatic carbocycles. The van der Waals surface area contributed by atoms with Crippen molar-refractivity contribution < 1.29 is 9.13 Å². The lowest BCUT2D eigenvalue weighted by molar-refractivity contribution is 0.0618. The molecule has 1 heterocycles. The second-order valence-corrected chi connectivity index (χ2v) is 4.98. The quantitative estimate of drug-likeness (QED) is 0.902. The van der Waals surface area contributed by atoms with Gasteiger partial charge in [-0.25, -0.2) is 4.39 Å². The molecule has 0 radical (unpaired) electrons. The zero-order chi connectivity index (χ0) is 12.3. The van der Waals surface area contributed by atoms with Gasteiger partial charge in [0, 0.05) is 19.3 Å². The fraction of sp³-hybridized carbons (Fsp3) is 0.538. The predicted octanol–water partition coefficient (Wildman–Crippen LogP) is 3.30. The largest absolute Gasteiger partial charge is 0.381 e. The molecule has 2 rings (SSSR count). The molecule has 94 valence electrons. The van der Waals surface area contributed by atoms with Gasteiger partial charge in [-0.2, -0.15) is 0 Å². The highest BCUT2D eigenvalue weighted by atomic mass is 35.5. The van der Waals surface area contributed by atoms with E-state index in [0.717, 1.165) is 38.0 Å². The Hall–Kier alpha value is -0.640. The van der Waals surface area contributed by atoms with Crippen molar-refractivity contribution in [2.45, 2.75) is 25.3 Å². The molecular formula is C13H17ClFNO. The average molecular weight is 258 g/mol. The number of hydrogen-bond donors (Lipinski definition) is 1. The normalized spacial score (nSPS) is 19.2. The number of ether oxygens (including phenoxy) is 1. The molecule has 1 aromatic rings. The van der Waals surface area contributed by atoms with Gasteiger partial charge in [0.15, 0.2) is 0 Å². The van der Waals surface area contributed by atoms with E-state index in [9.17, 15) is 4.39 Å². The van der Waals surface area contributed by atoms with Crippen molar-refractivity contribution in [1.82, 2.24) is 0 Å². The Morgan fingerprint density at radius 3 is 2.76 bits per heavy atom. The molecule has 1 fully saturated rings. The monoisotopic (exact) mass is 257 g/mol. The maximum Gasteiger partial charge on any atom is 0.142 e. The molecule has 2 nitrogen and oxygen atoms in total. The van der Waals surface area contributed by atoms with E-state index in [2.05, 4.69) is 0 Å². The molecule has 0 aliphatic carbocycles. The van der Waals surface area contributed by atoms with E-state index < -0.39 is 5.82 Å². The second kappa shape index (κ2) is 5.80. The lowest BCUT2D eigenvalue weighted by Crippen LogP contribution is -2.21. The number of nitrogens with two attached hydrogens (primary N) is 1. The molecule has 1 atom stereocenters. The van der Waals surface area contributed by atoms with E-state index in [-0.39, 0.29) is 11.1 Å². The Balaban J connectivity index is 1.98. The van der Waals surface area contributed by atoms with Crippen LogP contribution in [0, 0.1) is 11.7 Å². The lowest BCUT2D eigenvalue weighted by Gasteiger charge is -2.25. The van der Waals surface area contributed by atoms with Gasteiger partial charge in [0.25, 0.3) is 0 Å². The minimum Gasteiger partial charge on any atom is -0.381 e. The molecule has 0 amide bonds. The zero-order valence-corrected chi connectivity index (χ0v) is 10.4. The summed E-state index contributed by atoms with van der Waals surface area (Å²) in [5, 5.41) is 0.145. The summed E-state index contributed by atoms with van der Waals surface area (Å²) in [6.45, 7) is 1.62. The summed E-state index contributed by atoms with van der Waals surface area (Å²) >= 11 is 5.64. The van der Waals surface area contributed by atoms with Crippen molar-refractivity contribution in [1.29, 1.82) is 0 Å². The Morgan fingerprint density at radius 2 is 2.12 bits per heavy atom. The maximum absolute atomic E-state index is 13.3. The van der Waals surface area contributed by atoms with Gasteiger partial charge in [0.1, 0.15) is 5.82 Å². The van der Waals surface area contributed by atoms with Gasteiger partial charge < -0.3 is 10.5 Å². The van der Waals surface area contributed by atoms with Crippen LogP contribution in [0.15, 0.2) is 18.2 Å². The summed E-state index contributed by atoms with van der Waals surface area (Å²) in [5.41, 5.74) is 6.91. The van der Waals surface area contributed by atoms with E-state index in [1.165, 1.54) is 6.07 Å². The summed E-state index contributed by atoms with van der Waals surface area (Å²) in [6, 6.07) is 4.68. The number of hydrogen-bond acceptors (Lipinski definition) is 2. The number of halogens is 2. The fourth-order valence-electron chi connectivity index (χ4n) is 2.22. The predicted molar refractivity (Wildman–Crippen MR) is 66.5 cm³/mol. The first-order valence-electron chi connectivity index (χ1n) is 5.95. The minimum atomic E-state index is -0.397. The molecule has 1 aliphatic heterocycles. The summed E-state index contributed by atoms with van der Waals surface area (Å²) in [4.78, 5) is 0. The van der Waals surface area contributed by atoms with Crippen LogP contribution in [0.5, 0.6) is 0 Å². The van der Waals surface area contributed by atoms with Crippen LogP contribution in [-0.4, -0.2) is 13.2 Å². The molecule has 0 bridgehead atoms. The van der Waals surface area contributed by atoms with Gasteiger partial charge >= 0.3 is 0 Å².